The average molecular weight is 399 g/mol. The van der Waals surface area contributed by atoms with Crippen LogP contribution in [0.3, 0.4) is 0 Å². The zero-order valence-corrected chi connectivity index (χ0v) is 15.7. The van der Waals surface area contributed by atoms with E-state index in [0.717, 1.165) is 10.4 Å². The fraction of sp³-hybridized carbons (Fsp3) is 0.188. The molecule has 0 amide bonds. The second-order valence-electron chi connectivity index (χ2n) is 5.34. The molecule has 2 rings (SSSR count). The lowest BCUT2D eigenvalue weighted by molar-refractivity contribution is -0.385. The van der Waals surface area contributed by atoms with Gasteiger partial charge in [0.2, 0.25) is 0 Å². The van der Waals surface area contributed by atoms with Crippen LogP contribution in [-0.4, -0.2) is 33.5 Å². The molecular formula is C16H15ClN2O6S. The molecule has 0 bridgehead atoms. The molecule has 0 saturated heterocycles. The van der Waals surface area contributed by atoms with Crippen LogP contribution < -0.4 is 4.31 Å². The number of methoxy groups -OCH3 is 1. The first-order valence-corrected chi connectivity index (χ1v) is 9.03. The molecule has 0 unspecified atom stereocenters. The van der Waals surface area contributed by atoms with E-state index in [0.29, 0.717) is 5.56 Å². The zero-order chi connectivity index (χ0) is 19.6. The summed E-state index contributed by atoms with van der Waals surface area (Å²) in [6.45, 7) is 1.51. The number of carbonyl (C=O) groups is 1. The van der Waals surface area contributed by atoms with Crippen LogP contribution in [0.1, 0.15) is 15.9 Å². The van der Waals surface area contributed by atoms with Crippen LogP contribution in [0.15, 0.2) is 41.3 Å². The van der Waals surface area contributed by atoms with Crippen LogP contribution in [0.2, 0.25) is 5.02 Å². The van der Waals surface area contributed by atoms with Gasteiger partial charge in [-0.3, -0.25) is 14.4 Å². The van der Waals surface area contributed by atoms with Crippen molar-refractivity contribution in [1.29, 1.82) is 0 Å². The third-order valence-corrected chi connectivity index (χ3v) is 5.83. The van der Waals surface area contributed by atoms with E-state index < -0.39 is 20.9 Å². The Balaban J connectivity index is 2.55. The first-order chi connectivity index (χ1) is 12.1. The number of benzene rings is 2. The van der Waals surface area contributed by atoms with Crippen molar-refractivity contribution in [2.45, 2.75) is 11.8 Å². The fourth-order valence-electron chi connectivity index (χ4n) is 2.23. The van der Waals surface area contributed by atoms with Crippen molar-refractivity contribution in [3.8, 4) is 0 Å². The van der Waals surface area contributed by atoms with E-state index in [1.54, 1.807) is 0 Å². The number of rotatable bonds is 5. The Morgan fingerprint density at radius 2 is 1.88 bits per heavy atom. The number of ether oxygens (including phenoxy) is 1. The van der Waals surface area contributed by atoms with Gasteiger partial charge in [0.1, 0.15) is 0 Å². The third-order valence-electron chi connectivity index (χ3n) is 3.74. The smallest absolute Gasteiger partial charge is 0.337 e. The molecule has 0 fully saturated rings. The van der Waals surface area contributed by atoms with Gasteiger partial charge in [-0.15, -0.1) is 0 Å². The van der Waals surface area contributed by atoms with Gasteiger partial charge in [-0.25, -0.2) is 13.2 Å². The minimum Gasteiger partial charge on any atom is -0.465 e. The van der Waals surface area contributed by atoms with Gasteiger partial charge in [0.05, 0.1) is 33.2 Å². The molecule has 0 aliphatic heterocycles. The normalized spacial score (nSPS) is 11.1. The van der Waals surface area contributed by atoms with Crippen LogP contribution in [-0.2, 0) is 14.8 Å². The minimum atomic E-state index is -4.14. The molecule has 0 aromatic heterocycles. The van der Waals surface area contributed by atoms with Crippen molar-refractivity contribution in [1.82, 2.24) is 0 Å². The van der Waals surface area contributed by atoms with Crippen LogP contribution in [0.25, 0.3) is 0 Å². The van der Waals surface area contributed by atoms with Crippen LogP contribution in [0, 0.1) is 17.0 Å². The Morgan fingerprint density at radius 3 is 2.46 bits per heavy atom. The summed E-state index contributed by atoms with van der Waals surface area (Å²) in [6.07, 6.45) is 0. The second-order valence-corrected chi connectivity index (χ2v) is 7.71. The molecule has 138 valence electrons. The number of hydrogen-bond donors (Lipinski definition) is 0. The highest BCUT2D eigenvalue weighted by molar-refractivity contribution is 7.92. The van der Waals surface area contributed by atoms with E-state index >= 15 is 0 Å². The summed E-state index contributed by atoms with van der Waals surface area (Å²) < 4.78 is 31.2. The third kappa shape index (κ3) is 3.63. The monoisotopic (exact) mass is 398 g/mol. The molecule has 0 saturated carbocycles. The molecular weight excluding hydrogens is 384 g/mol. The number of sulfonamides is 1. The summed E-state index contributed by atoms with van der Waals surface area (Å²) in [5.74, 6) is -0.653. The van der Waals surface area contributed by atoms with Crippen molar-refractivity contribution in [2.75, 3.05) is 18.5 Å². The van der Waals surface area contributed by atoms with E-state index in [1.165, 1.54) is 51.4 Å². The standard InChI is InChI=1S/C16H15ClN2O6S/c1-10-4-6-12(9-14(10)19(21)22)26(23,24)18(2)15-8-11(16(20)25-3)5-7-13(15)17/h4-9H,1-3H3. The molecule has 0 atom stereocenters. The maximum absolute atomic E-state index is 12.9. The van der Waals surface area contributed by atoms with Gasteiger partial charge >= 0.3 is 5.97 Å². The number of hydrogen-bond acceptors (Lipinski definition) is 6. The van der Waals surface area contributed by atoms with E-state index in [1.807, 2.05) is 0 Å². The Morgan fingerprint density at radius 1 is 1.23 bits per heavy atom. The van der Waals surface area contributed by atoms with Gasteiger partial charge in [0.25, 0.3) is 15.7 Å². The highest BCUT2D eigenvalue weighted by Crippen LogP contribution is 2.32. The van der Waals surface area contributed by atoms with E-state index in [9.17, 15) is 23.3 Å². The molecule has 0 spiro atoms. The molecule has 2 aromatic rings. The van der Waals surface area contributed by atoms with Gasteiger partial charge < -0.3 is 4.74 Å². The lowest BCUT2D eigenvalue weighted by atomic mass is 10.2. The average Bonchev–Trinajstić information content (AvgIpc) is 2.60. The van der Waals surface area contributed by atoms with Crippen molar-refractivity contribution in [3.05, 3.63) is 62.7 Å². The van der Waals surface area contributed by atoms with Crippen molar-refractivity contribution in [3.63, 3.8) is 0 Å². The van der Waals surface area contributed by atoms with Gasteiger partial charge in [0.15, 0.2) is 0 Å². The molecule has 0 heterocycles. The highest BCUT2D eigenvalue weighted by atomic mass is 35.5. The number of nitro benzene ring substituents is 1. The molecule has 26 heavy (non-hydrogen) atoms. The summed E-state index contributed by atoms with van der Waals surface area (Å²) in [4.78, 5) is 21.8. The molecule has 0 aliphatic carbocycles. The van der Waals surface area contributed by atoms with Gasteiger partial charge in [-0.1, -0.05) is 17.7 Å². The van der Waals surface area contributed by atoms with Gasteiger partial charge in [-0.05, 0) is 31.2 Å². The topological polar surface area (TPSA) is 107 Å². The Labute approximate surface area is 155 Å². The number of nitro groups is 1. The van der Waals surface area contributed by atoms with Crippen LogP contribution in [0.4, 0.5) is 11.4 Å². The Kier molecular flexibility index (Phi) is 5.53. The fourth-order valence-corrected chi connectivity index (χ4v) is 3.75. The molecule has 0 aliphatic rings. The molecule has 8 nitrogen and oxygen atoms in total. The summed E-state index contributed by atoms with van der Waals surface area (Å²) in [5.41, 5.74) is 0.179. The van der Waals surface area contributed by atoms with E-state index in [2.05, 4.69) is 4.74 Å². The van der Waals surface area contributed by atoms with E-state index in [4.69, 9.17) is 11.6 Å². The summed E-state index contributed by atoms with van der Waals surface area (Å²) >= 11 is 6.07. The Hall–Kier alpha value is -2.65. The molecule has 0 radical (unpaired) electrons. The molecule has 2 aromatic carbocycles. The van der Waals surface area contributed by atoms with Crippen LogP contribution >= 0.6 is 11.6 Å². The number of carbonyl (C=O) groups excluding carboxylic acids is 1. The second kappa shape index (κ2) is 7.30. The number of halogens is 1. The lowest BCUT2D eigenvalue weighted by Crippen LogP contribution is -2.27. The maximum Gasteiger partial charge on any atom is 0.337 e. The molecule has 0 N–H and O–H groups in total. The number of anilines is 1. The van der Waals surface area contributed by atoms with E-state index in [-0.39, 0.29) is 26.9 Å². The Bertz CT molecular complexity index is 990. The summed E-state index contributed by atoms with van der Waals surface area (Å²) in [6, 6.07) is 7.65. The van der Waals surface area contributed by atoms with Gasteiger partial charge in [0, 0.05) is 18.7 Å². The SMILES string of the molecule is COC(=O)c1ccc(Cl)c(N(C)S(=O)(=O)c2ccc(C)c([N+](=O)[O-])c2)c1. The summed E-state index contributed by atoms with van der Waals surface area (Å²) in [5, 5.41) is 11.2. The van der Waals surface area contributed by atoms with Crippen molar-refractivity contribution in [2.24, 2.45) is 0 Å². The van der Waals surface area contributed by atoms with Gasteiger partial charge in [-0.2, -0.15) is 0 Å². The molecule has 10 heteroatoms. The highest BCUT2D eigenvalue weighted by Gasteiger charge is 2.26. The number of esters is 1. The first-order valence-electron chi connectivity index (χ1n) is 7.21. The number of nitrogens with zero attached hydrogens (tertiary/aromatic N) is 2. The van der Waals surface area contributed by atoms with Crippen molar-refractivity contribution >= 4 is 39.0 Å². The minimum absolute atomic E-state index is 0.0396. The van der Waals surface area contributed by atoms with Crippen molar-refractivity contribution < 1.29 is 22.9 Å². The predicted octanol–water partition coefficient (Wildman–Crippen LogP) is 3.17. The number of aryl methyl sites for hydroxylation is 1. The predicted molar refractivity (Wildman–Crippen MR) is 96.2 cm³/mol. The maximum atomic E-state index is 12.9. The zero-order valence-electron chi connectivity index (χ0n) is 14.1. The lowest BCUT2D eigenvalue weighted by Gasteiger charge is -2.21. The van der Waals surface area contributed by atoms with Crippen LogP contribution in [0.5, 0.6) is 0 Å². The quantitative estimate of drug-likeness (QED) is 0.435. The summed E-state index contributed by atoms with van der Waals surface area (Å²) in [7, 11) is -1.71. The first kappa shape index (κ1) is 19.7. The largest absolute Gasteiger partial charge is 0.465 e.